The zero-order valence-corrected chi connectivity index (χ0v) is 10.8. The average molecular weight is 228 g/mol. The van der Waals surface area contributed by atoms with Crippen molar-refractivity contribution in [1.82, 2.24) is 9.97 Å². The van der Waals surface area contributed by atoms with Crippen LogP contribution in [-0.2, 0) is 5.41 Å². The van der Waals surface area contributed by atoms with Gasteiger partial charge in [-0.2, -0.15) is 0 Å². The summed E-state index contributed by atoms with van der Waals surface area (Å²) >= 11 is 5.98. The summed E-state index contributed by atoms with van der Waals surface area (Å²) in [5.74, 6) is 1.66. The molecular formula is C11H18ClN3. The normalized spacial score (nSPS) is 11.6. The Morgan fingerprint density at radius 2 is 1.93 bits per heavy atom. The Morgan fingerprint density at radius 1 is 1.33 bits per heavy atom. The molecule has 0 aliphatic heterocycles. The fraction of sp³-hybridized carbons (Fsp3) is 0.636. The maximum absolute atomic E-state index is 5.98. The maximum atomic E-state index is 5.98. The first-order valence-corrected chi connectivity index (χ1v) is 5.48. The lowest BCUT2D eigenvalue weighted by Crippen LogP contribution is -2.22. The summed E-state index contributed by atoms with van der Waals surface area (Å²) in [5.41, 5.74) is -0.0752. The predicted molar refractivity (Wildman–Crippen MR) is 64.7 cm³/mol. The average Bonchev–Trinajstić information content (AvgIpc) is 2.14. The lowest BCUT2D eigenvalue weighted by atomic mass is 9.96. The van der Waals surface area contributed by atoms with Crippen LogP contribution in [0.4, 0.5) is 5.82 Å². The van der Waals surface area contributed by atoms with Crippen molar-refractivity contribution in [3.05, 3.63) is 17.0 Å². The van der Waals surface area contributed by atoms with E-state index in [0.717, 1.165) is 18.2 Å². The van der Waals surface area contributed by atoms with Gasteiger partial charge in [0.15, 0.2) is 0 Å². The quantitative estimate of drug-likeness (QED) is 0.728. The number of hydrogen-bond donors (Lipinski definition) is 0. The summed E-state index contributed by atoms with van der Waals surface area (Å²) in [6.45, 7) is 9.21. The summed E-state index contributed by atoms with van der Waals surface area (Å²) in [5, 5.41) is 0.505. The number of rotatable bonds is 2. The van der Waals surface area contributed by atoms with Crippen molar-refractivity contribution >= 4 is 17.4 Å². The molecule has 0 bridgehead atoms. The van der Waals surface area contributed by atoms with E-state index in [0.29, 0.717) is 5.15 Å². The highest BCUT2D eigenvalue weighted by molar-refractivity contribution is 6.29. The van der Waals surface area contributed by atoms with Crippen LogP contribution in [-0.4, -0.2) is 23.6 Å². The molecule has 3 nitrogen and oxygen atoms in total. The first-order chi connectivity index (χ1) is 6.84. The van der Waals surface area contributed by atoms with Crippen molar-refractivity contribution in [2.45, 2.75) is 33.1 Å². The van der Waals surface area contributed by atoms with Crippen molar-refractivity contribution in [3.8, 4) is 0 Å². The van der Waals surface area contributed by atoms with Crippen LogP contribution in [0, 0.1) is 0 Å². The molecule has 15 heavy (non-hydrogen) atoms. The van der Waals surface area contributed by atoms with Gasteiger partial charge in [-0.1, -0.05) is 32.4 Å². The Labute approximate surface area is 96.5 Å². The van der Waals surface area contributed by atoms with Crippen molar-refractivity contribution in [2.75, 3.05) is 18.5 Å². The van der Waals surface area contributed by atoms with Crippen LogP contribution < -0.4 is 4.90 Å². The minimum atomic E-state index is -0.0752. The second kappa shape index (κ2) is 4.35. The fourth-order valence-corrected chi connectivity index (χ4v) is 1.28. The van der Waals surface area contributed by atoms with E-state index in [-0.39, 0.29) is 5.41 Å². The Kier molecular flexibility index (Phi) is 3.55. The minimum absolute atomic E-state index is 0.0752. The summed E-state index contributed by atoms with van der Waals surface area (Å²) in [6, 6.07) is 1.79. The summed E-state index contributed by atoms with van der Waals surface area (Å²) < 4.78 is 0. The number of anilines is 1. The molecule has 0 radical (unpaired) electrons. The highest BCUT2D eigenvalue weighted by Gasteiger charge is 2.19. The number of nitrogens with zero attached hydrogens (tertiary/aromatic N) is 3. The van der Waals surface area contributed by atoms with E-state index in [1.165, 1.54) is 0 Å². The van der Waals surface area contributed by atoms with Gasteiger partial charge in [-0.25, -0.2) is 9.97 Å². The van der Waals surface area contributed by atoms with Crippen molar-refractivity contribution in [3.63, 3.8) is 0 Å². The number of aromatic nitrogens is 2. The fourth-order valence-electron chi connectivity index (χ4n) is 1.10. The topological polar surface area (TPSA) is 29.0 Å². The lowest BCUT2D eigenvalue weighted by Gasteiger charge is -2.21. The van der Waals surface area contributed by atoms with Gasteiger partial charge < -0.3 is 4.90 Å². The first-order valence-electron chi connectivity index (χ1n) is 5.10. The first kappa shape index (κ1) is 12.2. The molecule has 1 aromatic rings. The Balaban J connectivity index is 3.17. The van der Waals surface area contributed by atoms with Crippen LogP contribution in [0.2, 0.25) is 5.15 Å². The molecule has 4 heteroatoms. The van der Waals surface area contributed by atoms with Crippen LogP contribution in [0.3, 0.4) is 0 Å². The highest BCUT2D eigenvalue weighted by Crippen LogP contribution is 2.23. The molecule has 0 amide bonds. The molecule has 0 fully saturated rings. The van der Waals surface area contributed by atoms with Crippen molar-refractivity contribution in [2.24, 2.45) is 0 Å². The molecule has 0 saturated carbocycles. The Bertz CT molecular complexity index is 344. The molecule has 0 unspecified atom stereocenters. The molecule has 0 aromatic carbocycles. The van der Waals surface area contributed by atoms with Gasteiger partial charge in [0.25, 0.3) is 0 Å². The number of halogens is 1. The monoisotopic (exact) mass is 227 g/mol. The maximum Gasteiger partial charge on any atom is 0.137 e. The third kappa shape index (κ3) is 3.06. The minimum Gasteiger partial charge on any atom is -0.360 e. The number of hydrogen-bond acceptors (Lipinski definition) is 3. The van der Waals surface area contributed by atoms with Gasteiger partial charge in [-0.15, -0.1) is 0 Å². The van der Waals surface area contributed by atoms with Gasteiger partial charge in [-0.05, 0) is 6.92 Å². The summed E-state index contributed by atoms with van der Waals surface area (Å²) in [4.78, 5) is 10.8. The second-order valence-corrected chi connectivity index (χ2v) is 5.02. The summed E-state index contributed by atoms with van der Waals surface area (Å²) in [6.07, 6.45) is 0. The zero-order valence-electron chi connectivity index (χ0n) is 10.0. The molecule has 0 atom stereocenters. The molecule has 1 aromatic heterocycles. The van der Waals surface area contributed by atoms with Gasteiger partial charge >= 0.3 is 0 Å². The van der Waals surface area contributed by atoms with E-state index in [2.05, 4.69) is 37.7 Å². The van der Waals surface area contributed by atoms with Gasteiger partial charge in [0.05, 0.1) is 0 Å². The van der Waals surface area contributed by atoms with E-state index < -0.39 is 0 Å². The SMILES string of the molecule is CCN(C)c1cc(Cl)nc(C(C)(C)C)n1. The third-order valence-electron chi connectivity index (χ3n) is 2.22. The van der Waals surface area contributed by atoms with Crippen LogP contribution in [0.25, 0.3) is 0 Å². The van der Waals surface area contributed by atoms with Crippen LogP contribution in [0.1, 0.15) is 33.5 Å². The van der Waals surface area contributed by atoms with E-state index in [9.17, 15) is 0 Å². The Morgan fingerprint density at radius 3 is 2.40 bits per heavy atom. The zero-order chi connectivity index (χ0) is 11.6. The van der Waals surface area contributed by atoms with Gasteiger partial charge in [0, 0.05) is 25.1 Å². The standard InChI is InChI=1S/C11H18ClN3/c1-6-15(5)9-7-8(12)13-10(14-9)11(2,3)4/h7H,6H2,1-5H3. The van der Waals surface area contributed by atoms with Crippen molar-refractivity contribution in [1.29, 1.82) is 0 Å². The second-order valence-electron chi connectivity index (χ2n) is 4.64. The molecule has 1 rings (SSSR count). The third-order valence-corrected chi connectivity index (χ3v) is 2.41. The molecular weight excluding hydrogens is 210 g/mol. The van der Waals surface area contributed by atoms with E-state index >= 15 is 0 Å². The molecule has 1 heterocycles. The van der Waals surface area contributed by atoms with Crippen LogP contribution >= 0.6 is 11.6 Å². The van der Waals surface area contributed by atoms with Gasteiger partial charge in [-0.3, -0.25) is 0 Å². The predicted octanol–water partition coefficient (Wildman–Crippen LogP) is 2.88. The van der Waals surface area contributed by atoms with E-state index in [1.807, 2.05) is 11.9 Å². The van der Waals surface area contributed by atoms with Crippen LogP contribution in [0.5, 0.6) is 0 Å². The van der Waals surface area contributed by atoms with Crippen LogP contribution in [0.15, 0.2) is 6.07 Å². The molecule has 0 N–H and O–H groups in total. The largest absolute Gasteiger partial charge is 0.360 e. The molecule has 0 aliphatic rings. The Hall–Kier alpha value is -0.830. The highest BCUT2D eigenvalue weighted by atomic mass is 35.5. The molecule has 0 spiro atoms. The smallest absolute Gasteiger partial charge is 0.137 e. The molecule has 0 aliphatic carbocycles. The van der Waals surface area contributed by atoms with Crippen molar-refractivity contribution < 1.29 is 0 Å². The lowest BCUT2D eigenvalue weighted by molar-refractivity contribution is 0.544. The molecule has 0 saturated heterocycles. The molecule has 84 valence electrons. The summed E-state index contributed by atoms with van der Waals surface area (Å²) in [7, 11) is 1.99. The van der Waals surface area contributed by atoms with Gasteiger partial charge in [0.2, 0.25) is 0 Å². The van der Waals surface area contributed by atoms with Gasteiger partial charge in [0.1, 0.15) is 16.8 Å². The van der Waals surface area contributed by atoms with E-state index in [4.69, 9.17) is 11.6 Å². The van der Waals surface area contributed by atoms with E-state index in [1.54, 1.807) is 6.07 Å².